The van der Waals surface area contributed by atoms with Crippen LogP contribution >= 0.6 is 23.2 Å². The van der Waals surface area contributed by atoms with E-state index in [1.807, 2.05) is 0 Å². The van der Waals surface area contributed by atoms with Gasteiger partial charge in [0.2, 0.25) is 0 Å². The molecular formula is C14H14Cl2N2O. The monoisotopic (exact) mass is 296 g/mol. The number of carbonyl (C=O) groups is 1. The molecule has 1 aliphatic rings. The van der Waals surface area contributed by atoms with Gasteiger partial charge in [0.25, 0.3) is 5.91 Å². The van der Waals surface area contributed by atoms with Crippen LogP contribution in [0.4, 0.5) is 0 Å². The molecule has 1 saturated carbocycles. The number of hydrogen-bond acceptors (Lipinski definition) is 2. The number of carbonyl (C=O) groups excluding carboxylic acids is 1. The van der Waals surface area contributed by atoms with Crippen LogP contribution in [-0.2, 0) is 0 Å². The molecule has 0 unspecified atom stereocenters. The Morgan fingerprint density at radius 2 is 1.95 bits per heavy atom. The molecule has 1 aliphatic carbocycles. The Labute approximate surface area is 122 Å². The first-order chi connectivity index (χ1) is 9.08. The zero-order chi connectivity index (χ0) is 13.9. The van der Waals surface area contributed by atoms with Crippen molar-refractivity contribution in [2.24, 2.45) is 0 Å². The lowest BCUT2D eigenvalue weighted by molar-refractivity contribution is 0.0903. The van der Waals surface area contributed by atoms with Crippen LogP contribution in [0.3, 0.4) is 0 Å². The van der Waals surface area contributed by atoms with Crippen LogP contribution in [0.5, 0.6) is 0 Å². The van der Waals surface area contributed by atoms with E-state index in [9.17, 15) is 10.1 Å². The second kappa shape index (κ2) is 5.81. The molecule has 0 aliphatic heterocycles. The molecule has 2 rings (SSSR count). The van der Waals surface area contributed by atoms with Gasteiger partial charge in [0.15, 0.2) is 0 Å². The minimum Gasteiger partial charge on any atom is -0.334 e. The van der Waals surface area contributed by atoms with Gasteiger partial charge >= 0.3 is 0 Å². The van der Waals surface area contributed by atoms with Crippen LogP contribution < -0.4 is 5.32 Å². The number of nitriles is 1. The summed E-state index contributed by atoms with van der Waals surface area (Å²) in [4.78, 5) is 12.2. The Hall–Kier alpha value is -1.24. The van der Waals surface area contributed by atoms with Crippen molar-refractivity contribution < 1.29 is 4.79 Å². The van der Waals surface area contributed by atoms with E-state index in [1.54, 1.807) is 18.2 Å². The molecular weight excluding hydrogens is 283 g/mol. The second-order valence-corrected chi connectivity index (χ2v) is 5.60. The number of nitrogens with zero attached hydrogens (tertiary/aromatic N) is 1. The molecule has 5 heteroatoms. The standard InChI is InChI=1S/C14H14Cl2N2O/c15-11-6-4-5-10(12(11)16)13(19)18-14(9-17)7-2-1-3-8-14/h4-6H,1-3,7-8H2,(H,18,19). The van der Waals surface area contributed by atoms with E-state index >= 15 is 0 Å². The van der Waals surface area contributed by atoms with Gasteiger partial charge in [-0.2, -0.15) is 5.26 Å². The van der Waals surface area contributed by atoms with E-state index in [1.165, 1.54) is 0 Å². The second-order valence-electron chi connectivity index (χ2n) is 4.81. The highest BCUT2D eigenvalue weighted by atomic mass is 35.5. The molecule has 100 valence electrons. The zero-order valence-corrected chi connectivity index (χ0v) is 11.9. The predicted octanol–water partition coefficient (Wildman–Crippen LogP) is 3.95. The molecule has 1 fully saturated rings. The van der Waals surface area contributed by atoms with Gasteiger partial charge in [-0.25, -0.2) is 0 Å². The van der Waals surface area contributed by atoms with Crippen molar-refractivity contribution in [2.75, 3.05) is 0 Å². The maximum Gasteiger partial charge on any atom is 0.254 e. The third-order valence-corrected chi connectivity index (χ3v) is 4.29. The topological polar surface area (TPSA) is 52.9 Å². The molecule has 1 amide bonds. The third kappa shape index (κ3) is 3.02. The summed E-state index contributed by atoms with van der Waals surface area (Å²) in [6.45, 7) is 0. The van der Waals surface area contributed by atoms with Gasteiger partial charge in [-0.15, -0.1) is 0 Å². The van der Waals surface area contributed by atoms with Crippen molar-refractivity contribution >= 4 is 29.1 Å². The predicted molar refractivity (Wildman–Crippen MR) is 75.4 cm³/mol. The number of hydrogen-bond donors (Lipinski definition) is 1. The average molecular weight is 297 g/mol. The number of benzene rings is 1. The number of halogens is 2. The van der Waals surface area contributed by atoms with Crippen molar-refractivity contribution in [3.63, 3.8) is 0 Å². The molecule has 0 atom stereocenters. The first-order valence-electron chi connectivity index (χ1n) is 6.26. The molecule has 0 radical (unpaired) electrons. The fourth-order valence-electron chi connectivity index (χ4n) is 2.38. The quantitative estimate of drug-likeness (QED) is 0.898. The van der Waals surface area contributed by atoms with Crippen molar-refractivity contribution in [1.29, 1.82) is 5.26 Å². The lowest BCUT2D eigenvalue weighted by Crippen LogP contribution is -2.48. The van der Waals surface area contributed by atoms with E-state index in [-0.39, 0.29) is 10.9 Å². The van der Waals surface area contributed by atoms with E-state index in [2.05, 4.69) is 11.4 Å². The number of rotatable bonds is 2. The number of nitrogens with one attached hydrogen (secondary N) is 1. The van der Waals surface area contributed by atoms with Gasteiger partial charge in [0, 0.05) is 0 Å². The summed E-state index contributed by atoms with van der Waals surface area (Å²) in [6.07, 6.45) is 4.40. The number of amides is 1. The SMILES string of the molecule is N#CC1(NC(=O)c2cccc(Cl)c2Cl)CCCCC1. The van der Waals surface area contributed by atoms with Crippen molar-refractivity contribution in [3.05, 3.63) is 33.8 Å². The Kier molecular flexibility index (Phi) is 4.34. The molecule has 1 N–H and O–H groups in total. The first kappa shape index (κ1) is 14.2. The third-order valence-electron chi connectivity index (χ3n) is 3.47. The van der Waals surface area contributed by atoms with Gasteiger partial charge in [0.1, 0.15) is 5.54 Å². The van der Waals surface area contributed by atoms with E-state index in [0.29, 0.717) is 23.4 Å². The molecule has 0 aromatic heterocycles. The summed E-state index contributed by atoms with van der Waals surface area (Å²) < 4.78 is 0. The summed E-state index contributed by atoms with van der Waals surface area (Å²) in [7, 11) is 0. The summed E-state index contributed by atoms with van der Waals surface area (Å²) >= 11 is 11.9. The Morgan fingerprint density at radius 1 is 1.26 bits per heavy atom. The van der Waals surface area contributed by atoms with E-state index in [0.717, 1.165) is 19.3 Å². The highest BCUT2D eigenvalue weighted by molar-refractivity contribution is 6.43. The summed E-state index contributed by atoms with van der Waals surface area (Å²) in [5.41, 5.74) is -0.449. The van der Waals surface area contributed by atoms with Gasteiger partial charge < -0.3 is 5.32 Å². The molecule has 0 spiro atoms. The van der Waals surface area contributed by atoms with Crippen molar-refractivity contribution in [2.45, 2.75) is 37.6 Å². The average Bonchev–Trinajstić information content (AvgIpc) is 2.42. The fourth-order valence-corrected chi connectivity index (χ4v) is 2.77. The van der Waals surface area contributed by atoms with Crippen LogP contribution in [-0.4, -0.2) is 11.4 Å². The molecule has 0 saturated heterocycles. The zero-order valence-electron chi connectivity index (χ0n) is 10.4. The van der Waals surface area contributed by atoms with Gasteiger partial charge in [0.05, 0.1) is 21.7 Å². The molecule has 1 aromatic rings. The van der Waals surface area contributed by atoms with Gasteiger partial charge in [-0.3, -0.25) is 4.79 Å². The van der Waals surface area contributed by atoms with Crippen molar-refractivity contribution in [1.82, 2.24) is 5.32 Å². The van der Waals surface area contributed by atoms with E-state index < -0.39 is 5.54 Å². The smallest absolute Gasteiger partial charge is 0.254 e. The highest BCUT2D eigenvalue weighted by Gasteiger charge is 2.34. The Morgan fingerprint density at radius 3 is 2.58 bits per heavy atom. The van der Waals surface area contributed by atoms with Crippen LogP contribution in [0, 0.1) is 11.3 Å². The summed E-state index contributed by atoms with van der Waals surface area (Å²) in [5, 5.41) is 12.7. The summed E-state index contributed by atoms with van der Waals surface area (Å²) in [5.74, 6) is -0.337. The van der Waals surface area contributed by atoms with Crippen LogP contribution in [0.2, 0.25) is 10.0 Å². The van der Waals surface area contributed by atoms with Gasteiger partial charge in [-0.05, 0) is 25.0 Å². The lowest BCUT2D eigenvalue weighted by Gasteiger charge is -2.31. The molecule has 0 bridgehead atoms. The Balaban J connectivity index is 2.21. The largest absolute Gasteiger partial charge is 0.334 e. The van der Waals surface area contributed by atoms with Gasteiger partial charge in [-0.1, -0.05) is 48.5 Å². The molecule has 3 nitrogen and oxygen atoms in total. The van der Waals surface area contributed by atoms with Crippen molar-refractivity contribution in [3.8, 4) is 6.07 Å². The normalized spacial score (nSPS) is 17.5. The lowest BCUT2D eigenvalue weighted by atomic mass is 9.82. The maximum absolute atomic E-state index is 12.2. The summed E-state index contributed by atoms with van der Waals surface area (Å²) in [6, 6.07) is 7.15. The van der Waals surface area contributed by atoms with Crippen LogP contribution in [0.15, 0.2) is 18.2 Å². The minimum absolute atomic E-state index is 0.227. The maximum atomic E-state index is 12.2. The fraction of sp³-hybridized carbons (Fsp3) is 0.429. The van der Waals surface area contributed by atoms with Crippen LogP contribution in [0.25, 0.3) is 0 Å². The van der Waals surface area contributed by atoms with Crippen LogP contribution in [0.1, 0.15) is 42.5 Å². The van der Waals surface area contributed by atoms with E-state index in [4.69, 9.17) is 23.2 Å². The minimum atomic E-state index is -0.763. The Bertz CT molecular complexity index is 531. The molecule has 19 heavy (non-hydrogen) atoms. The first-order valence-corrected chi connectivity index (χ1v) is 7.01. The molecule has 1 aromatic carbocycles. The molecule has 0 heterocycles. The highest BCUT2D eigenvalue weighted by Crippen LogP contribution is 2.30.